The van der Waals surface area contributed by atoms with Crippen molar-refractivity contribution in [2.75, 3.05) is 37.0 Å². The Labute approximate surface area is 145 Å². The molecule has 0 bridgehead atoms. The van der Waals surface area contributed by atoms with Gasteiger partial charge in [0.05, 0.1) is 29.5 Å². The first-order valence-electron chi connectivity index (χ1n) is 8.34. The Morgan fingerprint density at radius 2 is 2.00 bits per heavy atom. The lowest BCUT2D eigenvalue weighted by Gasteiger charge is -2.31. The van der Waals surface area contributed by atoms with Gasteiger partial charge in [-0.1, -0.05) is 0 Å². The lowest BCUT2D eigenvalue weighted by Crippen LogP contribution is -2.31. The van der Waals surface area contributed by atoms with Gasteiger partial charge in [0.1, 0.15) is 0 Å². The van der Waals surface area contributed by atoms with Crippen molar-refractivity contribution in [1.29, 1.82) is 0 Å². The van der Waals surface area contributed by atoms with Crippen LogP contribution in [0, 0.1) is 0 Å². The van der Waals surface area contributed by atoms with Crippen LogP contribution in [0.15, 0.2) is 18.2 Å². The zero-order chi connectivity index (χ0) is 18.4. The van der Waals surface area contributed by atoms with Gasteiger partial charge in [0, 0.05) is 26.7 Å². The highest BCUT2D eigenvalue weighted by Gasteiger charge is 2.32. The molecule has 1 saturated heterocycles. The number of anilines is 2. The second-order valence-electron chi connectivity index (χ2n) is 6.12. The third-order valence-corrected chi connectivity index (χ3v) is 4.30. The number of nitrogens with one attached hydrogen (secondary N) is 1. The highest BCUT2D eigenvalue weighted by atomic mass is 19.4. The van der Waals surface area contributed by atoms with Crippen LogP contribution in [0.5, 0.6) is 0 Å². The molecule has 140 valence electrons. The topological polar surface area (TPSA) is 67.6 Å². The highest BCUT2D eigenvalue weighted by Crippen LogP contribution is 2.36. The Bertz CT molecular complexity index is 583. The molecule has 3 N–H and O–H groups in total. The van der Waals surface area contributed by atoms with E-state index in [-0.39, 0.29) is 18.7 Å². The number of nitrogens with two attached hydrogens (primary N) is 1. The summed E-state index contributed by atoms with van der Waals surface area (Å²) < 4.78 is 44.2. The molecule has 1 aromatic rings. The molecule has 1 aliphatic heterocycles. The molecular formula is C17H24F3N3O2. The summed E-state index contributed by atoms with van der Waals surface area (Å²) in [4.78, 5) is 14.2. The number of halogens is 3. The minimum atomic E-state index is -4.47. The van der Waals surface area contributed by atoms with Crippen molar-refractivity contribution in [3.05, 3.63) is 23.8 Å². The van der Waals surface area contributed by atoms with Gasteiger partial charge in [-0.15, -0.1) is 0 Å². The van der Waals surface area contributed by atoms with E-state index in [1.807, 2.05) is 4.90 Å². The number of carbonyl (C=O) groups excluding carboxylic acids is 1. The van der Waals surface area contributed by atoms with Gasteiger partial charge in [-0.25, -0.2) is 0 Å². The molecule has 8 heteroatoms. The van der Waals surface area contributed by atoms with Crippen molar-refractivity contribution in [2.24, 2.45) is 5.73 Å². The lowest BCUT2D eigenvalue weighted by atomic mass is 10.1. The molecule has 5 nitrogen and oxygen atoms in total. The Hall–Kier alpha value is -1.80. The number of hydrogen-bond acceptors (Lipinski definition) is 4. The van der Waals surface area contributed by atoms with Gasteiger partial charge in [0.25, 0.3) is 0 Å². The molecule has 1 unspecified atom stereocenters. The Morgan fingerprint density at radius 3 is 2.56 bits per heavy atom. The fourth-order valence-electron chi connectivity index (χ4n) is 2.89. The summed E-state index contributed by atoms with van der Waals surface area (Å²) in [5.74, 6) is -0.421. The van der Waals surface area contributed by atoms with E-state index in [9.17, 15) is 18.0 Å². The lowest BCUT2D eigenvalue weighted by molar-refractivity contribution is -0.137. The Kier molecular flexibility index (Phi) is 6.66. The zero-order valence-electron chi connectivity index (χ0n) is 14.2. The first-order valence-corrected chi connectivity index (χ1v) is 8.34. The minimum absolute atomic E-state index is 0.0112. The number of carbonyl (C=O) groups is 1. The van der Waals surface area contributed by atoms with Crippen molar-refractivity contribution < 1.29 is 22.7 Å². The fraction of sp³-hybridized carbons (Fsp3) is 0.588. The number of piperidine rings is 1. The van der Waals surface area contributed by atoms with Crippen molar-refractivity contribution in [1.82, 2.24) is 0 Å². The third-order valence-electron chi connectivity index (χ3n) is 4.30. The van der Waals surface area contributed by atoms with E-state index in [1.54, 1.807) is 0 Å². The summed E-state index contributed by atoms with van der Waals surface area (Å²) in [6.07, 6.45) is -1.88. The van der Waals surface area contributed by atoms with Crippen molar-refractivity contribution in [2.45, 2.75) is 38.0 Å². The fourth-order valence-corrected chi connectivity index (χ4v) is 2.89. The molecule has 1 fully saturated rings. The standard InChI is InChI=1S/C17H24F3N3O2/c1-25-13(11-21)10-16(24)22-14-9-12(17(18,19)20)5-6-15(14)23-7-3-2-4-8-23/h5-6,9,13H,2-4,7-8,10-11,21H2,1H3,(H,22,24). The van der Waals surface area contributed by atoms with Crippen LogP contribution < -0.4 is 16.0 Å². The third kappa shape index (κ3) is 5.34. The van der Waals surface area contributed by atoms with Crippen LogP contribution >= 0.6 is 0 Å². The number of methoxy groups -OCH3 is 1. The molecule has 0 aliphatic carbocycles. The van der Waals surface area contributed by atoms with Crippen LogP contribution in [0.25, 0.3) is 0 Å². The number of benzene rings is 1. The maximum atomic E-state index is 13.0. The Balaban J connectivity index is 2.25. The number of amides is 1. The van der Waals surface area contributed by atoms with Gasteiger partial charge >= 0.3 is 6.18 Å². The number of nitrogens with zero attached hydrogens (tertiary/aromatic N) is 1. The normalized spacial score (nSPS) is 16.6. The largest absolute Gasteiger partial charge is 0.416 e. The van der Waals surface area contributed by atoms with Gasteiger partial charge in [-0.3, -0.25) is 4.79 Å². The molecule has 25 heavy (non-hydrogen) atoms. The molecule has 1 aromatic carbocycles. The molecule has 1 amide bonds. The van der Waals surface area contributed by atoms with Gasteiger partial charge < -0.3 is 20.7 Å². The van der Waals surface area contributed by atoms with Gasteiger partial charge in [-0.05, 0) is 37.5 Å². The van der Waals surface area contributed by atoms with E-state index in [0.29, 0.717) is 5.69 Å². The average molecular weight is 359 g/mol. The molecule has 0 saturated carbocycles. The molecule has 0 radical (unpaired) electrons. The number of rotatable bonds is 6. The SMILES string of the molecule is COC(CN)CC(=O)Nc1cc(C(F)(F)F)ccc1N1CCCCC1. The van der Waals surface area contributed by atoms with Crippen molar-refractivity contribution >= 4 is 17.3 Å². The smallest absolute Gasteiger partial charge is 0.380 e. The summed E-state index contributed by atoms with van der Waals surface area (Å²) in [6.45, 7) is 1.68. The predicted molar refractivity (Wildman–Crippen MR) is 90.6 cm³/mol. The average Bonchev–Trinajstić information content (AvgIpc) is 2.59. The first-order chi connectivity index (χ1) is 11.8. The van der Waals surface area contributed by atoms with Crippen molar-refractivity contribution in [3.8, 4) is 0 Å². The van der Waals surface area contributed by atoms with Crippen LogP contribution in [-0.4, -0.2) is 38.8 Å². The zero-order valence-corrected chi connectivity index (χ0v) is 14.2. The van der Waals surface area contributed by atoms with E-state index in [1.165, 1.54) is 13.2 Å². The second kappa shape index (κ2) is 8.53. The van der Waals surface area contributed by atoms with Gasteiger partial charge in [-0.2, -0.15) is 13.2 Å². The monoisotopic (exact) mass is 359 g/mol. The number of ether oxygens (including phenoxy) is 1. The summed E-state index contributed by atoms with van der Waals surface area (Å²) >= 11 is 0. The predicted octanol–water partition coefficient (Wildman–Crippen LogP) is 3.00. The summed E-state index contributed by atoms with van der Waals surface area (Å²) in [5.41, 5.74) is 5.49. The second-order valence-corrected chi connectivity index (χ2v) is 6.12. The summed E-state index contributed by atoms with van der Waals surface area (Å²) in [5, 5.41) is 2.60. The minimum Gasteiger partial charge on any atom is -0.380 e. The van der Waals surface area contributed by atoms with Crippen LogP contribution in [-0.2, 0) is 15.7 Å². The highest BCUT2D eigenvalue weighted by molar-refractivity contribution is 5.95. The molecule has 1 heterocycles. The molecular weight excluding hydrogens is 335 g/mol. The van der Waals surface area contributed by atoms with Crippen LogP contribution in [0.2, 0.25) is 0 Å². The van der Waals surface area contributed by atoms with Gasteiger partial charge in [0.15, 0.2) is 0 Å². The Morgan fingerprint density at radius 1 is 1.32 bits per heavy atom. The van der Waals surface area contributed by atoms with E-state index >= 15 is 0 Å². The van der Waals surface area contributed by atoms with Gasteiger partial charge in [0.2, 0.25) is 5.91 Å². The quantitative estimate of drug-likeness (QED) is 0.819. The van der Waals surface area contributed by atoms with Crippen LogP contribution in [0.3, 0.4) is 0 Å². The molecule has 2 rings (SSSR count). The van der Waals surface area contributed by atoms with E-state index < -0.39 is 23.8 Å². The van der Waals surface area contributed by atoms with E-state index in [2.05, 4.69) is 5.32 Å². The molecule has 0 aromatic heterocycles. The van der Waals surface area contributed by atoms with Crippen molar-refractivity contribution in [3.63, 3.8) is 0 Å². The van der Waals surface area contributed by atoms with Crippen LogP contribution in [0.4, 0.5) is 24.5 Å². The summed E-state index contributed by atoms with van der Waals surface area (Å²) in [6, 6.07) is 3.48. The maximum Gasteiger partial charge on any atom is 0.416 e. The number of alkyl halides is 3. The first kappa shape index (κ1) is 19.5. The molecule has 1 aliphatic rings. The van der Waals surface area contributed by atoms with E-state index in [4.69, 9.17) is 10.5 Å². The number of hydrogen-bond donors (Lipinski definition) is 2. The summed E-state index contributed by atoms with van der Waals surface area (Å²) in [7, 11) is 1.44. The molecule has 1 atom stereocenters. The van der Waals surface area contributed by atoms with Crippen LogP contribution in [0.1, 0.15) is 31.2 Å². The van der Waals surface area contributed by atoms with E-state index in [0.717, 1.165) is 44.5 Å². The molecule has 0 spiro atoms. The maximum absolute atomic E-state index is 13.0.